The summed E-state index contributed by atoms with van der Waals surface area (Å²) in [5, 5.41) is 6.60. The highest BCUT2D eigenvalue weighted by Crippen LogP contribution is 2.40. The zero-order valence-corrected chi connectivity index (χ0v) is 19.5. The molecule has 0 aliphatic heterocycles. The molecular weight excluding hydrogens is 380 g/mol. The Bertz CT molecular complexity index is 803. The maximum atomic E-state index is 5.51. The molecule has 0 aromatic heterocycles. The van der Waals surface area contributed by atoms with Crippen molar-refractivity contribution >= 4 is 12.0 Å². The Balaban J connectivity index is 0.000000785. The predicted molar refractivity (Wildman–Crippen MR) is 136 cm³/mol. The Labute approximate surface area is 189 Å². The second-order valence-corrected chi connectivity index (χ2v) is 8.23. The number of hydrogen-bond donors (Lipinski definition) is 3. The molecule has 2 aromatic rings. The molecule has 4 heteroatoms. The van der Waals surface area contributed by atoms with E-state index in [0.717, 1.165) is 50.9 Å². The topological polar surface area (TPSA) is 62.4 Å². The van der Waals surface area contributed by atoms with Gasteiger partial charge in [-0.05, 0) is 56.8 Å². The minimum absolute atomic E-state index is 0.117. The van der Waals surface area contributed by atoms with Crippen LogP contribution in [-0.2, 0) is 11.8 Å². The summed E-state index contributed by atoms with van der Waals surface area (Å²) in [6.07, 6.45) is 6.83. The van der Waals surface area contributed by atoms with Crippen molar-refractivity contribution in [2.45, 2.75) is 57.4 Å². The van der Waals surface area contributed by atoms with Gasteiger partial charge in [0.2, 0.25) is 0 Å². The highest BCUT2D eigenvalue weighted by molar-refractivity contribution is 5.65. The Morgan fingerprint density at radius 1 is 1.10 bits per heavy atom. The lowest BCUT2D eigenvalue weighted by Crippen LogP contribution is -2.41. The van der Waals surface area contributed by atoms with Gasteiger partial charge in [-0.25, -0.2) is 0 Å². The van der Waals surface area contributed by atoms with Gasteiger partial charge in [0.1, 0.15) is 0 Å². The summed E-state index contributed by atoms with van der Waals surface area (Å²) in [7, 11) is 1.93. The Morgan fingerprint density at radius 2 is 1.71 bits per heavy atom. The third-order valence-electron chi connectivity index (χ3n) is 6.31. The molecule has 2 aromatic carbocycles. The van der Waals surface area contributed by atoms with Gasteiger partial charge >= 0.3 is 0 Å². The van der Waals surface area contributed by atoms with Gasteiger partial charge in [0.15, 0.2) is 0 Å². The van der Waals surface area contributed by atoms with Crippen LogP contribution in [0.1, 0.15) is 56.2 Å². The van der Waals surface area contributed by atoms with E-state index in [9.17, 15) is 0 Å². The van der Waals surface area contributed by atoms with Crippen molar-refractivity contribution in [1.82, 2.24) is 10.6 Å². The van der Waals surface area contributed by atoms with Gasteiger partial charge in [-0.1, -0.05) is 75.0 Å². The van der Waals surface area contributed by atoms with E-state index in [1.807, 2.05) is 7.05 Å². The fourth-order valence-corrected chi connectivity index (χ4v) is 4.28. The van der Waals surface area contributed by atoms with Crippen LogP contribution >= 0.6 is 0 Å². The summed E-state index contributed by atoms with van der Waals surface area (Å²) >= 11 is 0. The van der Waals surface area contributed by atoms with Crippen molar-refractivity contribution < 1.29 is 0 Å². The zero-order chi connectivity index (χ0) is 22.5. The molecule has 0 unspecified atom stereocenters. The van der Waals surface area contributed by atoms with Crippen LogP contribution in [0.5, 0.6) is 0 Å². The van der Waals surface area contributed by atoms with Gasteiger partial charge in [0, 0.05) is 23.2 Å². The van der Waals surface area contributed by atoms with Crippen molar-refractivity contribution in [2.24, 2.45) is 10.7 Å². The molecule has 31 heavy (non-hydrogen) atoms. The molecule has 1 aliphatic rings. The normalized spacial score (nSPS) is 20.7. The molecule has 168 valence electrons. The van der Waals surface area contributed by atoms with Crippen LogP contribution in [0.3, 0.4) is 0 Å². The first-order valence-corrected chi connectivity index (χ1v) is 11.5. The molecule has 3 rings (SSSR count). The largest absolute Gasteiger partial charge is 0.390 e. The van der Waals surface area contributed by atoms with Gasteiger partial charge in [-0.15, -0.1) is 0 Å². The first-order chi connectivity index (χ1) is 15.1. The molecule has 0 radical (unpaired) electrons. The van der Waals surface area contributed by atoms with Crippen LogP contribution in [0.2, 0.25) is 0 Å². The lowest BCUT2D eigenvalue weighted by molar-refractivity contribution is 0.269. The van der Waals surface area contributed by atoms with Crippen LogP contribution in [0.4, 0.5) is 0 Å². The van der Waals surface area contributed by atoms with Gasteiger partial charge in [-0.2, -0.15) is 0 Å². The molecule has 0 atom stereocenters. The molecule has 4 N–H and O–H groups in total. The number of nitrogens with zero attached hydrogens (tertiary/aromatic N) is 1. The lowest BCUT2D eigenvalue weighted by atomic mass is 9.68. The summed E-state index contributed by atoms with van der Waals surface area (Å²) < 4.78 is 0. The third kappa shape index (κ3) is 6.96. The minimum Gasteiger partial charge on any atom is -0.390 e. The molecule has 0 amide bonds. The fourth-order valence-electron chi connectivity index (χ4n) is 4.28. The Hall–Kier alpha value is -2.59. The maximum absolute atomic E-state index is 5.51. The smallest absolute Gasteiger partial charge is 0.0801 e. The van der Waals surface area contributed by atoms with E-state index < -0.39 is 0 Å². The maximum Gasteiger partial charge on any atom is 0.0801 e. The first-order valence-electron chi connectivity index (χ1n) is 11.5. The van der Waals surface area contributed by atoms with Gasteiger partial charge in [0.05, 0.1) is 12.4 Å². The number of aryl methyl sites for hydroxylation is 1. The molecule has 0 saturated heterocycles. The summed E-state index contributed by atoms with van der Waals surface area (Å²) in [6, 6.07) is 19.8. The highest BCUT2D eigenvalue weighted by atomic mass is 14.9. The van der Waals surface area contributed by atoms with E-state index in [1.54, 1.807) is 0 Å². The third-order valence-corrected chi connectivity index (χ3v) is 6.31. The zero-order valence-electron chi connectivity index (χ0n) is 19.5. The molecule has 0 spiro atoms. The summed E-state index contributed by atoms with van der Waals surface area (Å²) in [5.74, 6) is 0. The molecule has 1 aliphatic carbocycles. The van der Waals surface area contributed by atoms with Crippen molar-refractivity contribution in [2.75, 3.05) is 20.1 Å². The second-order valence-electron chi connectivity index (χ2n) is 8.23. The number of nitrogens with two attached hydrogens (primary N) is 1. The standard InChI is InChI=1S/C24H31N3.C3H9N/c1-3-20-9-7-8-12-23(20)19(2)26-17-24(21-10-5-4-6-11-21)15-13-22(14-16-24)27-18-25;1-3-4-2/h4-12,18,22,26H,2-3,13-17H2,1H3,(H2,25,27);4H,3H2,1-2H3. The van der Waals surface area contributed by atoms with Crippen LogP contribution in [-0.4, -0.2) is 32.5 Å². The second kappa shape index (κ2) is 13.0. The molecule has 1 saturated carbocycles. The lowest BCUT2D eigenvalue weighted by Gasteiger charge is -2.40. The first kappa shape index (κ1) is 24.7. The fraction of sp³-hybridized carbons (Fsp3) is 0.444. The van der Waals surface area contributed by atoms with Crippen molar-refractivity contribution in [1.29, 1.82) is 0 Å². The Kier molecular flexibility index (Phi) is 10.3. The van der Waals surface area contributed by atoms with E-state index >= 15 is 0 Å². The molecule has 0 bridgehead atoms. The summed E-state index contributed by atoms with van der Waals surface area (Å²) in [6.45, 7) is 10.6. The Morgan fingerprint density at radius 3 is 2.29 bits per heavy atom. The number of aliphatic imine (C=N–C) groups is 1. The number of nitrogens with one attached hydrogen (secondary N) is 2. The summed E-state index contributed by atoms with van der Waals surface area (Å²) in [4.78, 5) is 4.42. The molecule has 0 heterocycles. The van der Waals surface area contributed by atoms with Crippen LogP contribution in [0.15, 0.2) is 66.2 Å². The highest BCUT2D eigenvalue weighted by Gasteiger charge is 2.36. The van der Waals surface area contributed by atoms with Crippen LogP contribution in [0, 0.1) is 0 Å². The average molecular weight is 421 g/mol. The van der Waals surface area contributed by atoms with Crippen molar-refractivity contribution in [3.05, 3.63) is 77.9 Å². The van der Waals surface area contributed by atoms with Crippen molar-refractivity contribution in [3.63, 3.8) is 0 Å². The SMILES string of the molecule is C=C(NCC1(c2ccccc2)CCC(N=CN)CC1)c1ccccc1CC.CCNC. The minimum atomic E-state index is 0.117. The average Bonchev–Trinajstić information content (AvgIpc) is 2.84. The molecule has 1 fully saturated rings. The van der Waals surface area contributed by atoms with Crippen LogP contribution < -0.4 is 16.4 Å². The van der Waals surface area contributed by atoms with Gasteiger partial charge < -0.3 is 16.4 Å². The van der Waals surface area contributed by atoms with E-state index in [4.69, 9.17) is 5.73 Å². The van der Waals surface area contributed by atoms with E-state index in [-0.39, 0.29) is 5.41 Å². The monoisotopic (exact) mass is 420 g/mol. The molecular formula is C27H40N4. The van der Waals surface area contributed by atoms with E-state index in [2.05, 4.69) is 90.6 Å². The quantitative estimate of drug-likeness (QED) is 0.420. The molecule has 4 nitrogen and oxygen atoms in total. The van der Waals surface area contributed by atoms with Crippen molar-refractivity contribution in [3.8, 4) is 0 Å². The van der Waals surface area contributed by atoms with Crippen LogP contribution in [0.25, 0.3) is 5.70 Å². The van der Waals surface area contributed by atoms with Gasteiger partial charge in [0.25, 0.3) is 0 Å². The number of hydrogen-bond acceptors (Lipinski definition) is 3. The number of benzene rings is 2. The number of rotatable bonds is 8. The van der Waals surface area contributed by atoms with E-state index in [0.29, 0.717) is 6.04 Å². The van der Waals surface area contributed by atoms with Gasteiger partial charge in [-0.3, -0.25) is 4.99 Å². The predicted octanol–water partition coefficient (Wildman–Crippen LogP) is 4.90. The van der Waals surface area contributed by atoms with E-state index in [1.165, 1.54) is 23.0 Å². The summed E-state index contributed by atoms with van der Waals surface area (Å²) in [5.41, 5.74) is 10.6.